The van der Waals surface area contributed by atoms with Crippen molar-refractivity contribution in [2.24, 2.45) is 0 Å². The highest BCUT2D eigenvalue weighted by Gasteiger charge is 2.32. The molecule has 1 aromatic carbocycles. The van der Waals surface area contributed by atoms with Gasteiger partial charge < -0.3 is 15.3 Å². The summed E-state index contributed by atoms with van der Waals surface area (Å²) in [6.07, 6.45) is -4.73. The summed E-state index contributed by atoms with van der Waals surface area (Å²) >= 11 is 0. The molecule has 0 spiro atoms. The second-order valence-corrected chi connectivity index (χ2v) is 5.90. The first-order chi connectivity index (χ1) is 13.3. The summed E-state index contributed by atoms with van der Waals surface area (Å²) in [7, 11) is 0. The van der Waals surface area contributed by atoms with Crippen molar-refractivity contribution in [3.63, 3.8) is 0 Å². The number of nitrogens with one attached hydrogen (secondary N) is 3. The van der Waals surface area contributed by atoms with Gasteiger partial charge >= 0.3 is 6.18 Å². The number of alkyl halides is 3. The van der Waals surface area contributed by atoms with Crippen LogP contribution in [0.15, 0.2) is 70.3 Å². The average molecular weight is 389 g/mol. The Labute approximate surface area is 156 Å². The molecule has 144 valence electrons. The summed E-state index contributed by atoms with van der Waals surface area (Å²) in [6.45, 7) is 0. The molecule has 0 fully saturated rings. The molecule has 3 aromatic rings. The van der Waals surface area contributed by atoms with Gasteiger partial charge in [0.05, 0.1) is 6.04 Å². The highest BCUT2D eigenvalue weighted by Crippen LogP contribution is 2.26. The normalized spacial score (nSPS) is 12.4. The molecule has 0 radical (unpaired) electrons. The lowest BCUT2D eigenvalue weighted by atomic mass is 10.0. The fourth-order valence-electron chi connectivity index (χ4n) is 2.65. The predicted octanol–water partition coefficient (Wildman–Crippen LogP) is 2.60. The fraction of sp³-hybridized carbons (Fsp3) is 0.105. The SMILES string of the molecule is O=C(NC(c1ccccc1)c1cccc(=O)[nH]1)c1ccc(C(F)(F)F)[nH]c1=O. The number of aromatic amines is 2. The number of halogens is 3. The first-order valence-corrected chi connectivity index (χ1v) is 8.11. The zero-order valence-corrected chi connectivity index (χ0v) is 14.2. The van der Waals surface area contributed by atoms with Crippen LogP contribution in [0.25, 0.3) is 0 Å². The molecule has 0 aliphatic heterocycles. The maximum atomic E-state index is 12.7. The summed E-state index contributed by atoms with van der Waals surface area (Å²) < 4.78 is 38.1. The summed E-state index contributed by atoms with van der Waals surface area (Å²) in [5, 5.41) is 2.58. The Morgan fingerprint density at radius 2 is 1.61 bits per heavy atom. The Morgan fingerprint density at radius 1 is 0.893 bits per heavy atom. The molecular weight excluding hydrogens is 375 g/mol. The van der Waals surface area contributed by atoms with Gasteiger partial charge in [-0.3, -0.25) is 14.4 Å². The predicted molar refractivity (Wildman–Crippen MR) is 94.9 cm³/mol. The highest BCUT2D eigenvalue weighted by atomic mass is 19.4. The zero-order valence-electron chi connectivity index (χ0n) is 14.2. The number of pyridine rings is 2. The number of benzene rings is 1. The Kier molecular flexibility index (Phi) is 5.16. The van der Waals surface area contributed by atoms with Crippen LogP contribution in [0, 0.1) is 0 Å². The van der Waals surface area contributed by atoms with E-state index >= 15 is 0 Å². The van der Waals surface area contributed by atoms with Crippen LogP contribution < -0.4 is 16.4 Å². The van der Waals surface area contributed by atoms with Gasteiger partial charge in [0.1, 0.15) is 11.3 Å². The van der Waals surface area contributed by atoms with Crippen molar-refractivity contribution in [3.8, 4) is 0 Å². The van der Waals surface area contributed by atoms with Crippen molar-refractivity contribution in [2.45, 2.75) is 12.2 Å². The van der Waals surface area contributed by atoms with Gasteiger partial charge in [0.2, 0.25) is 5.56 Å². The van der Waals surface area contributed by atoms with E-state index in [0.29, 0.717) is 17.3 Å². The number of hydrogen-bond acceptors (Lipinski definition) is 3. The molecule has 1 atom stereocenters. The number of carbonyl (C=O) groups excluding carboxylic acids is 1. The van der Waals surface area contributed by atoms with Crippen molar-refractivity contribution < 1.29 is 18.0 Å². The van der Waals surface area contributed by atoms with Gasteiger partial charge in [-0.1, -0.05) is 36.4 Å². The van der Waals surface area contributed by atoms with Crippen molar-refractivity contribution in [2.75, 3.05) is 0 Å². The number of hydrogen-bond donors (Lipinski definition) is 3. The Hall–Kier alpha value is -3.62. The summed E-state index contributed by atoms with van der Waals surface area (Å²) in [5.41, 5.74) is -2.31. The second kappa shape index (κ2) is 7.55. The van der Waals surface area contributed by atoms with Crippen LogP contribution in [0.2, 0.25) is 0 Å². The van der Waals surface area contributed by atoms with E-state index in [1.54, 1.807) is 41.4 Å². The fourth-order valence-corrected chi connectivity index (χ4v) is 2.65. The van der Waals surface area contributed by atoms with Gasteiger partial charge in [0.15, 0.2) is 0 Å². The van der Waals surface area contributed by atoms with E-state index in [9.17, 15) is 27.6 Å². The van der Waals surface area contributed by atoms with Crippen LogP contribution in [0.4, 0.5) is 13.2 Å². The van der Waals surface area contributed by atoms with E-state index in [-0.39, 0.29) is 5.56 Å². The van der Waals surface area contributed by atoms with Gasteiger partial charge in [-0.25, -0.2) is 0 Å². The first kappa shape index (κ1) is 19.2. The van der Waals surface area contributed by atoms with E-state index in [1.165, 1.54) is 12.1 Å². The van der Waals surface area contributed by atoms with Crippen molar-refractivity contribution in [1.82, 2.24) is 15.3 Å². The lowest BCUT2D eigenvalue weighted by molar-refractivity contribution is -0.141. The van der Waals surface area contributed by atoms with E-state index in [1.807, 2.05) is 0 Å². The Morgan fingerprint density at radius 3 is 2.21 bits per heavy atom. The van der Waals surface area contributed by atoms with Crippen molar-refractivity contribution in [3.05, 3.63) is 104 Å². The first-order valence-electron chi connectivity index (χ1n) is 8.11. The zero-order chi connectivity index (χ0) is 20.3. The minimum Gasteiger partial charge on any atom is -0.339 e. The standard InChI is InChI=1S/C19H14F3N3O3/c20-19(21,22)14-10-9-12(17(27)24-14)18(28)25-16(11-5-2-1-3-6-11)13-7-4-8-15(26)23-13/h1-10,16H,(H,23,26)(H,24,27)(H,25,28). The van der Waals surface area contributed by atoms with Gasteiger partial charge in [-0.15, -0.1) is 0 Å². The molecule has 2 heterocycles. The Bertz CT molecular complexity index is 1100. The maximum absolute atomic E-state index is 12.7. The molecule has 1 unspecified atom stereocenters. The number of amides is 1. The molecule has 3 rings (SSSR count). The van der Waals surface area contributed by atoms with Crippen LogP contribution in [0.3, 0.4) is 0 Å². The summed E-state index contributed by atoms with van der Waals surface area (Å²) in [5.74, 6) is -0.881. The highest BCUT2D eigenvalue weighted by molar-refractivity contribution is 5.94. The van der Waals surface area contributed by atoms with Crippen LogP contribution >= 0.6 is 0 Å². The number of carbonyl (C=O) groups is 1. The molecule has 0 aliphatic rings. The molecule has 0 saturated heterocycles. The van der Waals surface area contributed by atoms with Crippen molar-refractivity contribution >= 4 is 5.91 Å². The second-order valence-electron chi connectivity index (χ2n) is 5.90. The lowest BCUT2D eigenvalue weighted by Gasteiger charge is -2.19. The molecular formula is C19H14F3N3O3. The summed E-state index contributed by atoms with van der Waals surface area (Å²) in [6, 6.07) is 13.6. The van der Waals surface area contributed by atoms with Gasteiger partial charge in [0.25, 0.3) is 11.5 Å². The van der Waals surface area contributed by atoms with E-state index in [2.05, 4.69) is 10.3 Å². The molecule has 6 nitrogen and oxygen atoms in total. The molecule has 2 aromatic heterocycles. The molecule has 9 heteroatoms. The third kappa shape index (κ3) is 4.20. The quantitative estimate of drug-likeness (QED) is 0.640. The largest absolute Gasteiger partial charge is 0.431 e. The molecule has 0 aliphatic carbocycles. The van der Waals surface area contributed by atoms with Crippen LogP contribution in [0.5, 0.6) is 0 Å². The third-order valence-electron chi connectivity index (χ3n) is 3.97. The third-order valence-corrected chi connectivity index (χ3v) is 3.97. The Balaban J connectivity index is 1.97. The lowest BCUT2D eigenvalue weighted by Crippen LogP contribution is -2.34. The van der Waals surface area contributed by atoms with E-state index in [4.69, 9.17) is 0 Å². The van der Waals surface area contributed by atoms with Crippen LogP contribution in [-0.2, 0) is 6.18 Å². The van der Waals surface area contributed by atoms with Crippen LogP contribution in [-0.4, -0.2) is 15.9 Å². The number of H-pyrrole nitrogens is 2. The average Bonchev–Trinajstić information content (AvgIpc) is 2.65. The van der Waals surface area contributed by atoms with Crippen molar-refractivity contribution in [1.29, 1.82) is 0 Å². The topological polar surface area (TPSA) is 94.8 Å². The van der Waals surface area contributed by atoms with Gasteiger partial charge in [-0.2, -0.15) is 13.2 Å². The summed E-state index contributed by atoms with van der Waals surface area (Å²) in [4.78, 5) is 40.4. The molecule has 28 heavy (non-hydrogen) atoms. The van der Waals surface area contributed by atoms with Gasteiger partial charge in [-0.05, 0) is 23.8 Å². The van der Waals surface area contributed by atoms with E-state index < -0.39 is 34.9 Å². The smallest absolute Gasteiger partial charge is 0.339 e. The van der Waals surface area contributed by atoms with E-state index in [0.717, 1.165) is 6.07 Å². The molecule has 3 N–H and O–H groups in total. The minimum absolute atomic E-state index is 0.357. The van der Waals surface area contributed by atoms with Gasteiger partial charge in [0, 0.05) is 11.8 Å². The maximum Gasteiger partial charge on any atom is 0.431 e. The monoisotopic (exact) mass is 389 g/mol. The molecule has 1 amide bonds. The number of aromatic nitrogens is 2. The molecule has 0 bridgehead atoms. The minimum atomic E-state index is -4.73. The molecule has 0 saturated carbocycles. The number of rotatable bonds is 4. The van der Waals surface area contributed by atoms with Crippen LogP contribution in [0.1, 0.15) is 33.4 Å².